The van der Waals surface area contributed by atoms with Crippen molar-refractivity contribution < 1.29 is 4.79 Å². The second kappa shape index (κ2) is 7.86. The summed E-state index contributed by atoms with van der Waals surface area (Å²) in [5.74, 6) is -0.254. The van der Waals surface area contributed by atoms with Crippen molar-refractivity contribution in [1.82, 2.24) is 19.4 Å². The number of hydrogen-bond acceptors (Lipinski definition) is 4. The third-order valence-electron chi connectivity index (χ3n) is 5.23. The summed E-state index contributed by atoms with van der Waals surface area (Å²) < 4.78 is 2.58. The van der Waals surface area contributed by atoms with E-state index in [0.29, 0.717) is 23.6 Å². The van der Waals surface area contributed by atoms with Gasteiger partial charge >= 0.3 is 11.1 Å². The van der Waals surface area contributed by atoms with E-state index in [9.17, 15) is 14.4 Å². The first-order valence-corrected chi connectivity index (χ1v) is 9.18. The first-order chi connectivity index (χ1) is 12.5. The van der Waals surface area contributed by atoms with E-state index in [2.05, 4.69) is 17.1 Å². The monoisotopic (exact) mass is 358 g/mol. The van der Waals surface area contributed by atoms with Crippen LogP contribution in [0.2, 0.25) is 0 Å². The largest absolute Gasteiger partial charge is 0.353 e. The Morgan fingerprint density at radius 3 is 2.62 bits per heavy atom. The van der Waals surface area contributed by atoms with Crippen molar-refractivity contribution in [3.8, 4) is 0 Å². The number of piperidine rings is 1. The van der Waals surface area contributed by atoms with Gasteiger partial charge in [0, 0.05) is 26.2 Å². The van der Waals surface area contributed by atoms with Crippen molar-refractivity contribution in [3.63, 3.8) is 0 Å². The number of carbonyl (C=O) groups excluding carboxylic acids is 1. The van der Waals surface area contributed by atoms with Gasteiger partial charge < -0.3 is 9.88 Å². The minimum Gasteiger partial charge on any atom is -0.353 e. The van der Waals surface area contributed by atoms with Gasteiger partial charge in [-0.1, -0.05) is 18.6 Å². The molecule has 1 aliphatic heterocycles. The first-order valence-electron chi connectivity index (χ1n) is 9.18. The molecule has 0 radical (unpaired) electrons. The third kappa shape index (κ3) is 3.72. The Balaban J connectivity index is 1.70. The van der Waals surface area contributed by atoms with E-state index in [1.807, 2.05) is 0 Å². The van der Waals surface area contributed by atoms with Crippen molar-refractivity contribution in [3.05, 3.63) is 45.0 Å². The highest BCUT2D eigenvalue weighted by atomic mass is 16.2. The molecule has 1 atom stereocenters. The van der Waals surface area contributed by atoms with Gasteiger partial charge in [0.1, 0.15) is 6.54 Å². The minimum atomic E-state index is -0.675. The van der Waals surface area contributed by atoms with Crippen LogP contribution in [0.15, 0.2) is 33.9 Å². The number of hydrogen-bond donors (Lipinski definition) is 1. The number of para-hydroxylation sites is 2. The zero-order valence-corrected chi connectivity index (χ0v) is 15.4. The molecule has 1 aliphatic rings. The molecule has 1 fully saturated rings. The lowest BCUT2D eigenvalue weighted by molar-refractivity contribution is -0.121. The maximum atomic E-state index is 12.3. The van der Waals surface area contributed by atoms with Gasteiger partial charge in [-0.3, -0.25) is 23.9 Å². The lowest BCUT2D eigenvalue weighted by Gasteiger charge is -2.33. The maximum absolute atomic E-state index is 12.3. The Kier molecular flexibility index (Phi) is 5.56. The number of benzene rings is 1. The van der Waals surface area contributed by atoms with Gasteiger partial charge in [0.25, 0.3) is 0 Å². The number of carbonyl (C=O) groups is 1. The molecule has 7 heteroatoms. The van der Waals surface area contributed by atoms with E-state index >= 15 is 0 Å². The van der Waals surface area contributed by atoms with Gasteiger partial charge in [-0.05, 0) is 38.4 Å². The van der Waals surface area contributed by atoms with Crippen molar-refractivity contribution >= 4 is 16.9 Å². The molecule has 1 aromatic heterocycles. The summed E-state index contributed by atoms with van der Waals surface area (Å²) in [4.78, 5) is 39.2. The molecule has 140 valence electrons. The lowest BCUT2D eigenvalue weighted by atomic mass is 10.0. The summed E-state index contributed by atoms with van der Waals surface area (Å²) in [6, 6.07) is 7.65. The number of nitrogens with one attached hydrogen (secondary N) is 1. The molecule has 1 saturated heterocycles. The molecule has 0 aliphatic carbocycles. The Bertz CT molecular complexity index is 915. The normalized spacial score (nSPS) is 18.2. The van der Waals surface area contributed by atoms with Gasteiger partial charge in [0.2, 0.25) is 5.91 Å². The van der Waals surface area contributed by atoms with Crippen molar-refractivity contribution in [2.45, 2.75) is 38.8 Å². The third-order valence-corrected chi connectivity index (χ3v) is 5.23. The van der Waals surface area contributed by atoms with Crippen molar-refractivity contribution in [2.24, 2.45) is 7.05 Å². The Morgan fingerprint density at radius 2 is 1.88 bits per heavy atom. The van der Waals surface area contributed by atoms with Gasteiger partial charge in [0.05, 0.1) is 11.0 Å². The fourth-order valence-electron chi connectivity index (χ4n) is 3.64. The molecule has 1 N–H and O–H groups in total. The van der Waals surface area contributed by atoms with Crippen LogP contribution in [-0.4, -0.2) is 45.6 Å². The topological polar surface area (TPSA) is 76.3 Å². The molecule has 1 amide bonds. The lowest BCUT2D eigenvalue weighted by Crippen LogP contribution is -2.45. The van der Waals surface area contributed by atoms with Crippen LogP contribution in [0.5, 0.6) is 0 Å². The fourth-order valence-corrected chi connectivity index (χ4v) is 3.64. The van der Waals surface area contributed by atoms with Gasteiger partial charge in [-0.15, -0.1) is 0 Å². The van der Waals surface area contributed by atoms with E-state index in [4.69, 9.17) is 0 Å². The summed E-state index contributed by atoms with van der Waals surface area (Å²) in [6.45, 7) is 4.48. The van der Waals surface area contributed by atoms with E-state index in [-0.39, 0.29) is 12.5 Å². The van der Waals surface area contributed by atoms with Crippen molar-refractivity contribution in [2.75, 3.05) is 19.6 Å². The fraction of sp³-hybridized carbons (Fsp3) is 0.526. The molecule has 0 bridgehead atoms. The van der Waals surface area contributed by atoms with E-state index in [1.165, 1.54) is 28.4 Å². The predicted molar refractivity (Wildman–Crippen MR) is 101 cm³/mol. The average molecular weight is 358 g/mol. The zero-order chi connectivity index (χ0) is 18.7. The van der Waals surface area contributed by atoms with Crippen LogP contribution in [0.3, 0.4) is 0 Å². The number of amides is 1. The maximum Gasteiger partial charge on any atom is 0.317 e. The summed E-state index contributed by atoms with van der Waals surface area (Å²) in [5, 5.41) is 2.88. The number of likely N-dealkylation sites (tertiary alicyclic amines) is 1. The van der Waals surface area contributed by atoms with E-state index in [1.54, 1.807) is 31.3 Å². The van der Waals surface area contributed by atoms with E-state index in [0.717, 1.165) is 13.1 Å². The van der Waals surface area contributed by atoms with Crippen molar-refractivity contribution in [1.29, 1.82) is 0 Å². The number of rotatable bonds is 5. The Labute approximate surface area is 152 Å². The van der Waals surface area contributed by atoms with Gasteiger partial charge in [-0.2, -0.15) is 0 Å². The molecular weight excluding hydrogens is 332 g/mol. The predicted octanol–water partition coefficient (Wildman–Crippen LogP) is 0.691. The molecular formula is C19H26N4O3. The SMILES string of the molecule is C[C@H]1CCCCN1CCNC(=O)Cn1c(=O)c(=O)n(C)c2ccccc21. The van der Waals surface area contributed by atoms with E-state index < -0.39 is 11.1 Å². The Morgan fingerprint density at radius 1 is 1.15 bits per heavy atom. The van der Waals surface area contributed by atoms with Crippen LogP contribution < -0.4 is 16.4 Å². The standard InChI is InChI=1S/C19H26N4O3/c1-14-7-5-6-11-22(14)12-10-20-17(24)13-23-16-9-4-3-8-15(16)21(2)18(25)19(23)26/h3-4,8-9,14H,5-7,10-13H2,1-2H3,(H,20,24)/t14-/m0/s1. The highest BCUT2D eigenvalue weighted by Gasteiger charge is 2.18. The van der Waals surface area contributed by atoms with Crippen LogP contribution in [-0.2, 0) is 18.4 Å². The molecule has 0 spiro atoms. The van der Waals surface area contributed by atoms with Crippen LogP contribution >= 0.6 is 0 Å². The molecule has 3 rings (SSSR count). The smallest absolute Gasteiger partial charge is 0.317 e. The molecule has 2 heterocycles. The molecule has 1 aromatic carbocycles. The Hall–Kier alpha value is -2.41. The zero-order valence-electron chi connectivity index (χ0n) is 15.4. The molecule has 7 nitrogen and oxygen atoms in total. The first kappa shape index (κ1) is 18.4. The molecule has 0 saturated carbocycles. The molecule has 0 unspecified atom stereocenters. The second-order valence-electron chi connectivity index (χ2n) is 6.97. The number of nitrogens with zero attached hydrogens (tertiary/aromatic N) is 3. The van der Waals surface area contributed by atoms with Crippen LogP contribution in [0.4, 0.5) is 0 Å². The molecule has 26 heavy (non-hydrogen) atoms. The van der Waals surface area contributed by atoms with Crippen LogP contribution in [0, 0.1) is 0 Å². The van der Waals surface area contributed by atoms with Crippen LogP contribution in [0.1, 0.15) is 26.2 Å². The highest BCUT2D eigenvalue weighted by molar-refractivity contribution is 5.80. The summed E-state index contributed by atoms with van der Waals surface area (Å²) in [5.41, 5.74) is -0.0870. The summed E-state index contributed by atoms with van der Waals surface area (Å²) in [7, 11) is 1.57. The van der Waals surface area contributed by atoms with Gasteiger partial charge in [-0.25, -0.2) is 0 Å². The van der Waals surface area contributed by atoms with Crippen LogP contribution in [0.25, 0.3) is 11.0 Å². The number of fused-ring (bicyclic) bond motifs is 1. The van der Waals surface area contributed by atoms with Gasteiger partial charge in [0.15, 0.2) is 0 Å². The summed E-state index contributed by atoms with van der Waals surface area (Å²) in [6.07, 6.45) is 3.67. The quantitative estimate of drug-likeness (QED) is 0.798. The minimum absolute atomic E-state index is 0.148. The number of aryl methyl sites for hydroxylation is 1. The highest BCUT2D eigenvalue weighted by Crippen LogP contribution is 2.15. The number of aromatic nitrogens is 2. The average Bonchev–Trinajstić information content (AvgIpc) is 2.65. The summed E-state index contributed by atoms with van der Waals surface area (Å²) >= 11 is 0. The molecule has 2 aromatic rings. The second-order valence-corrected chi connectivity index (χ2v) is 6.97.